The Hall–Kier alpha value is -1.38. The van der Waals surface area contributed by atoms with Crippen LogP contribution in [0, 0.1) is 11.8 Å². The van der Waals surface area contributed by atoms with Gasteiger partial charge in [0.05, 0.1) is 12.3 Å². The van der Waals surface area contributed by atoms with Crippen molar-refractivity contribution < 1.29 is 14.3 Å². The van der Waals surface area contributed by atoms with Gasteiger partial charge in [-0.15, -0.1) is 6.58 Å². The fourth-order valence-corrected chi connectivity index (χ4v) is 2.29. The van der Waals surface area contributed by atoms with Crippen LogP contribution in [0.5, 0.6) is 0 Å². The van der Waals surface area contributed by atoms with Crippen LogP contribution in [0.15, 0.2) is 23.8 Å². The lowest BCUT2D eigenvalue weighted by molar-refractivity contribution is -0.149. The Kier molecular flexibility index (Phi) is 3.18. The molecule has 0 aromatic heterocycles. The Bertz CT molecular complexity index is 406. The molecule has 3 atom stereocenters. The fraction of sp³-hybridized carbons (Fsp3) is 0.571. The molecule has 2 aliphatic carbocycles. The summed E-state index contributed by atoms with van der Waals surface area (Å²) < 4.78 is 5.41. The average molecular weight is 234 g/mol. The third-order valence-electron chi connectivity index (χ3n) is 3.69. The maximum atomic E-state index is 11.7. The van der Waals surface area contributed by atoms with E-state index in [-0.39, 0.29) is 23.8 Å². The fourth-order valence-electron chi connectivity index (χ4n) is 2.29. The molecule has 1 fully saturated rings. The molecule has 92 valence electrons. The molecule has 3 heteroatoms. The van der Waals surface area contributed by atoms with Gasteiger partial charge in [-0.3, -0.25) is 9.59 Å². The molecule has 1 saturated carbocycles. The van der Waals surface area contributed by atoms with E-state index in [9.17, 15) is 9.59 Å². The minimum Gasteiger partial charge on any atom is -0.457 e. The number of Topliss-reactive ketones (excluding diaryl/α,β-unsaturated/α-hetero) is 1. The third kappa shape index (κ3) is 2.33. The van der Waals surface area contributed by atoms with Crippen molar-refractivity contribution >= 4 is 11.8 Å². The average Bonchev–Trinajstić information content (AvgIpc) is 2.95. The predicted molar refractivity (Wildman–Crippen MR) is 64.3 cm³/mol. The summed E-state index contributed by atoms with van der Waals surface area (Å²) in [4.78, 5) is 23.4. The van der Waals surface area contributed by atoms with E-state index in [4.69, 9.17) is 4.74 Å². The molecular formula is C14H18O3. The van der Waals surface area contributed by atoms with Crippen molar-refractivity contribution in [3.8, 4) is 0 Å². The summed E-state index contributed by atoms with van der Waals surface area (Å²) in [7, 11) is 0. The summed E-state index contributed by atoms with van der Waals surface area (Å²) in [6.45, 7) is 7.55. The second kappa shape index (κ2) is 4.47. The van der Waals surface area contributed by atoms with E-state index in [0.29, 0.717) is 18.8 Å². The van der Waals surface area contributed by atoms with E-state index in [1.165, 1.54) is 0 Å². The van der Waals surface area contributed by atoms with Crippen molar-refractivity contribution in [2.24, 2.45) is 11.8 Å². The molecule has 0 saturated heterocycles. The summed E-state index contributed by atoms with van der Waals surface area (Å²) in [6, 6.07) is 0. The SMILES string of the molecule is C=CCC1=C(C)C(OC(=O)[C@@H]2CC2C)CC1=O. The summed E-state index contributed by atoms with van der Waals surface area (Å²) in [5, 5.41) is 0. The minimum absolute atomic E-state index is 0.0568. The van der Waals surface area contributed by atoms with Gasteiger partial charge in [-0.25, -0.2) is 0 Å². The van der Waals surface area contributed by atoms with Gasteiger partial charge in [0, 0.05) is 5.57 Å². The molecule has 0 N–H and O–H groups in total. The zero-order chi connectivity index (χ0) is 12.6. The first-order chi connectivity index (χ1) is 8.04. The molecule has 3 nitrogen and oxygen atoms in total. The molecule has 0 aliphatic heterocycles. The highest BCUT2D eigenvalue weighted by atomic mass is 16.5. The van der Waals surface area contributed by atoms with Crippen molar-refractivity contribution in [1.29, 1.82) is 0 Å². The number of esters is 1. The van der Waals surface area contributed by atoms with Crippen LogP contribution in [0.2, 0.25) is 0 Å². The topological polar surface area (TPSA) is 43.4 Å². The molecule has 17 heavy (non-hydrogen) atoms. The van der Waals surface area contributed by atoms with Gasteiger partial charge in [0.25, 0.3) is 0 Å². The highest BCUT2D eigenvalue weighted by Crippen LogP contribution is 2.40. The monoisotopic (exact) mass is 234 g/mol. The second-order valence-electron chi connectivity index (χ2n) is 5.03. The normalized spacial score (nSPS) is 31.6. The number of carbonyl (C=O) groups excluding carboxylic acids is 2. The lowest BCUT2D eigenvalue weighted by Gasteiger charge is -2.12. The zero-order valence-electron chi connectivity index (χ0n) is 10.4. The first-order valence-electron chi connectivity index (χ1n) is 6.08. The maximum absolute atomic E-state index is 11.7. The second-order valence-corrected chi connectivity index (χ2v) is 5.03. The summed E-state index contributed by atoms with van der Waals surface area (Å²) in [6.07, 6.45) is 3.17. The smallest absolute Gasteiger partial charge is 0.309 e. The molecule has 0 aromatic rings. The number of ether oxygens (including phenoxy) is 1. The Balaban J connectivity index is 2.01. The van der Waals surface area contributed by atoms with E-state index in [1.54, 1.807) is 6.08 Å². The van der Waals surface area contributed by atoms with Crippen LogP contribution < -0.4 is 0 Å². The lowest BCUT2D eigenvalue weighted by Crippen LogP contribution is -2.19. The van der Waals surface area contributed by atoms with Gasteiger partial charge in [0.1, 0.15) is 6.10 Å². The van der Waals surface area contributed by atoms with Crippen LogP contribution in [-0.2, 0) is 14.3 Å². The van der Waals surface area contributed by atoms with Gasteiger partial charge >= 0.3 is 5.97 Å². The summed E-state index contributed by atoms with van der Waals surface area (Å²) >= 11 is 0. The Morgan fingerprint density at radius 1 is 1.59 bits per heavy atom. The van der Waals surface area contributed by atoms with Crippen molar-refractivity contribution in [2.75, 3.05) is 0 Å². The number of ketones is 1. The van der Waals surface area contributed by atoms with Gasteiger partial charge < -0.3 is 4.74 Å². The molecule has 0 amide bonds. The van der Waals surface area contributed by atoms with Crippen LogP contribution in [0.1, 0.15) is 33.1 Å². The predicted octanol–water partition coefficient (Wildman–Crippen LogP) is 2.42. The molecule has 0 spiro atoms. The van der Waals surface area contributed by atoms with E-state index >= 15 is 0 Å². The molecule has 2 unspecified atom stereocenters. The van der Waals surface area contributed by atoms with E-state index in [0.717, 1.165) is 17.6 Å². The molecule has 0 heterocycles. The number of allylic oxidation sites excluding steroid dienone is 2. The highest BCUT2D eigenvalue weighted by Gasteiger charge is 2.42. The van der Waals surface area contributed by atoms with Crippen LogP contribution in [0.25, 0.3) is 0 Å². The van der Waals surface area contributed by atoms with Crippen LogP contribution in [0.4, 0.5) is 0 Å². The molecule has 0 aromatic carbocycles. The maximum Gasteiger partial charge on any atom is 0.309 e. The molecule has 0 bridgehead atoms. The Labute approximate surface area is 102 Å². The number of hydrogen-bond acceptors (Lipinski definition) is 3. The van der Waals surface area contributed by atoms with Crippen molar-refractivity contribution in [1.82, 2.24) is 0 Å². The number of rotatable bonds is 4. The van der Waals surface area contributed by atoms with Gasteiger partial charge in [-0.2, -0.15) is 0 Å². The van der Waals surface area contributed by atoms with E-state index in [2.05, 4.69) is 6.58 Å². The van der Waals surface area contributed by atoms with Crippen molar-refractivity contribution in [3.63, 3.8) is 0 Å². The molecule has 2 rings (SSSR count). The van der Waals surface area contributed by atoms with Crippen LogP contribution in [-0.4, -0.2) is 17.9 Å². The van der Waals surface area contributed by atoms with Crippen molar-refractivity contribution in [2.45, 2.75) is 39.2 Å². The van der Waals surface area contributed by atoms with Gasteiger partial charge in [0.2, 0.25) is 0 Å². The van der Waals surface area contributed by atoms with Gasteiger partial charge in [-0.1, -0.05) is 13.0 Å². The van der Waals surface area contributed by atoms with Gasteiger partial charge in [-0.05, 0) is 31.3 Å². The van der Waals surface area contributed by atoms with E-state index in [1.807, 2.05) is 13.8 Å². The van der Waals surface area contributed by atoms with Crippen molar-refractivity contribution in [3.05, 3.63) is 23.8 Å². The molecule has 2 aliphatic rings. The Morgan fingerprint density at radius 2 is 2.24 bits per heavy atom. The standard InChI is InChI=1S/C14H18O3/c1-4-5-10-9(3)13(7-12(10)15)17-14(16)11-6-8(11)2/h4,8,11,13H,1,5-7H2,2-3H3/t8?,11-,13?/m1/s1. The van der Waals surface area contributed by atoms with Crippen LogP contribution >= 0.6 is 0 Å². The highest BCUT2D eigenvalue weighted by molar-refractivity contribution is 6.00. The number of carbonyl (C=O) groups is 2. The van der Waals surface area contributed by atoms with E-state index < -0.39 is 0 Å². The quantitative estimate of drug-likeness (QED) is 0.554. The third-order valence-corrected chi connectivity index (χ3v) is 3.69. The minimum atomic E-state index is -0.335. The largest absolute Gasteiger partial charge is 0.457 e. The summed E-state index contributed by atoms with van der Waals surface area (Å²) in [5.74, 6) is 0.441. The molecule has 0 radical (unpaired) electrons. The Morgan fingerprint density at radius 3 is 2.76 bits per heavy atom. The first kappa shape index (κ1) is 12.1. The lowest BCUT2D eigenvalue weighted by atomic mass is 10.1. The molecular weight excluding hydrogens is 216 g/mol. The van der Waals surface area contributed by atoms with Gasteiger partial charge in [0.15, 0.2) is 5.78 Å². The zero-order valence-corrected chi connectivity index (χ0v) is 10.4. The number of hydrogen-bond donors (Lipinski definition) is 0. The first-order valence-corrected chi connectivity index (χ1v) is 6.08. The van der Waals surface area contributed by atoms with Crippen LogP contribution in [0.3, 0.4) is 0 Å². The summed E-state index contributed by atoms with van der Waals surface area (Å²) in [5.41, 5.74) is 1.66.